The largest absolute Gasteiger partial charge is 0.497 e. The van der Waals surface area contributed by atoms with Crippen molar-refractivity contribution in [3.05, 3.63) is 88.9 Å². The van der Waals surface area contributed by atoms with Gasteiger partial charge in [0.15, 0.2) is 0 Å². The number of carbonyl (C=O) groups excluding carboxylic acids is 2. The molecule has 0 atom stereocenters. The fourth-order valence-corrected chi connectivity index (χ4v) is 3.88. The number of pyridine rings is 1. The van der Waals surface area contributed by atoms with Crippen molar-refractivity contribution < 1.29 is 19.1 Å². The molecular weight excluding hydrogens is 418 g/mol. The van der Waals surface area contributed by atoms with E-state index in [1.807, 2.05) is 38.1 Å². The number of nitrogens with zero attached hydrogens (tertiary/aromatic N) is 2. The molecule has 33 heavy (non-hydrogen) atoms. The molecule has 0 spiro atoms. The molecule has 4 rings (SSSR count). The maximum Gasteiger partial charge on any atom is 0.278 e. The number of benzene rings is 2. The first kappa shape index (κ1) is 22.1. The Morgan fingerprint density at radius 2 is 1.67 bits per heavy atom. The number of amides is 2. The van der Waals surface area contributed by atoms with E-state index in [0.717, 1.165) is 16.7 Å². The van der Waals surface area contributed by atoms with E-state index in [9.17, 15) is 9.59 Å². The van der Waals surface area contributed by atoms with Gasteiger partial charge >= 0.3 is 0 Å². The van der Waals surface area contributed by atoms with Gasteiger partial charge in [0, 0.05) is 36.3 Å². The van der Waals surface area contributed by atoms with Crippen molar-refractivity contribution in [2.24, 2.45) is 0 Å². The average Bonchev–Trinajstić information content (AvgIpc) is 3.04. The third-order valence-electron chi connectivity index (χ3n) is 5.50. The lowest BCUT2D eigenvalue weighted by Gasteiger charge is -2.15. The Labute approximate surface area is 192 Å². The zero-order valence-corrected chi connectivity index (χ0v) is 19.0. The second-order valence-electron chi connectivity index (χ2n) is 7.85. The third kappa shape index (κ3) is 4.43. The van der Waals surface area contributed by atoms with Crippen molar-refractivity contribution in [3.8, 4) is 11.5 Å². The van der Waals surface area contributed by atoms with Crippen molar-refractivity contribution >= 4 is 23.1 Å². The Hall–Kier alpha value is -4.13. The van der Waals surface area contributed by atoms with Crippen LogP contribution in [0.4, 0.5) is 5.69 Å². The lowest BCUT2D eigenvalue weighted by Crippen LogP contribution is -2.32. The number of nitrogens with one attached hydrogen (secondary N) is 1. The summed E-state index contributed by atoms with van der Waals surface area (Å²) < 4.78 is 10.7. The number of imide groups is 1. The first-order chi connectivity index (χ1) is 15.9. The van der Waals surface area contributed by atoms with E-state index in [-0.39, 0.29) is 18.1 Å². The van der Waals surface area contributed by atoms with Crippen LogP contribution in [0.2, 0.25) is 0 Å². The van der Waals surface area contributed by atoms with Crippen LogP contribution in [0.3, 0.4) is 0 Å². The average molecular weight is 444 g/mol. The number of aromatic nitrogens is 1. The molecule has 1 aliphatic rings. The van der Waals surface area contributed by atoms with Crippen LogP contribution in [0.25, 0.3) is 5.57 Å². The molecule has 0 radical (unpaired) electrons. The molecule has 1 aromatic heterocycles. The molecule has 0 saturated carbocycles. The van der Waals surface area contributed by atoms with Gasteiger partial charge in [0.1, 0.15) is 17.2 Å². The lowest BCUT2D eigenvalue weighted by atomic mass is 9.97. The molecule has 0 saturated heterocycles. The summed E-state index contributed by atoms with van der Waals surface area (Å²) in [6.45, 7) is 4.05. The third-order valence-corrected chi connectivity index (χ3v) is 5.50. The van der Waals surface area contributed by atoms with Crippen molar-refractivity contribution in [2.75, 3.05) is 19.5 Å². The quantitative estimate of drug-likeness (QED) is 0.554. The fourth-order valence-electron chi connectivity index (χ4n) is 3.88. The van der Waals surface area contributed by atoms with E-state index >= 15 is 0 Å². The summed E-state index contributed by atoms with van der Waals surface area (Å²) in [6.07, 6.45) is 3.30. The molecule has 0 bridgehead atoms. The molecule has 2 aromatic carbocycles. The van der Waals surface area contributed by atoms with Gasteiger partial charge in [-0.1, -0.05) is 29.8 Å². The van der Waals surface area contributed by atoms with Gasteiger partial charge in [0.05, 0.1) is 26.3 Å². The Balaban J connectivity index is 1.80. The molecule has 3 aromatic rings. The number of ether oxygens (including phenoxy) is 2. The monoisotopic (exact) mass is 443 g/mol. The Bertz CT molecular complexity index is 1230. The van der Waals surface area contributed by atoms with Crippen LogP contribution >= 0.6 is 0 Å². The van der Waals surface area contributed by atoms with E-state index in [1.54, 1.807) is 50.9 Å². The van der Waals surface area contributed by atoms with Crippen LogP contribution in [0, 0.1) is 13.8 Å². The van der Waals surface area contributed by atoms with Gasteiger partial charge in [0.25, 0.3) is 11.8 Å². The summed E-state index contributed by atoms with van der Waals surface area (Å²) in [4.78, 5) is 32.4. The van der Waals surface area contributed by atoms with Crippen molar-refractivity contribution in [1.29, 1.82) is 0 Å². The van der Waals surface area contributed by atoms with Crippen molar-refractivity contribution in [3.63, 3.8) is 0 Å². The minimum Gasteiger partial charge on any atom is -0.497 e. The summed E-state index contributed by atoms with van der Waals surface area (Å²) in [5, 5.41) is 3.17. The molecule has 7 heteroatoms. The number of aryl methyl sites for hydroxylation is 2. The second kappa shape index (κ2) is 9.16. The number of hydrogen-bond donors (Lipinski definition) is 1. The number of carbonyl (C=O) groups is 2. The van der Waals surface area contributed by atoms with Gasteiger partial charge in [0.2, 0.25) is 0 Å². The predicted octanol–water partition coefficient (Wildman–Crippen LogP) is 4.11. The van der Waals surface area contributed by atoms with E-state index in [4.69, 9.17) is 9.47 Å². The standard InChI is InChI=1S/C26H25N3O4/c1-16-7-8-22(17(2)10-16)23-24(28-19-11-20(32-3)13-21(12-19)33-4)26(31)29(25(23)30)15-18-6-5-9-27-14-18/h5-14,28H,15H2,1-4H3. The summed E-state index contributed by atoms with van der Waals surface area (Å²) in [5.74, 6) is 0.373. The summed E-state index contributed by atoms with van der Waals surface area (Å²) in [7, 11) is 3.11. The van der Waals surface area contributed by atoms with E-state index < -0.39 is 5.91 Å². The Kier molecular flexibility index (Phi) is 6.13. The van der Waals surface area contributed by atoms with E-state index in [0.29, 0.717) is 28.3 Å². The van der Waals surface area contributed by atoms with Gasteiger partial charge in [-0.15, -0.1) is 0 Å². The van der Waals surface area contributed by atoms with Crippen molar-refractivity contribution in [2.45, 2.75) is 20.4 Å². The van der Waals surface area contributed by atoms with Crippen LogP contribution in [-0.2, 0) is 16.1 Å². The molecular formula is C26H25N3O4. The van der Waals surface area contributed by atoms with Gasteiger partial charge in [-0.3, -0.25) is 19.5 Å². The maximum atomic E-state index is 13.5. The van der Waals surface area contributed by atoms with Gasteiger partial charge in [-0.2, -0.15) is 0 Å². The molecule has 2 heterocycles. The van der Waals surface area contributed by atoms with Crippen LogP contribution in [0.15, 0.2) is 66.6 Å². The molecule has 0 fully saturated rings. The maximum absolute atomic E-state index is 13.5. The highest BCUT2D eigenvalue weighted by atomic mass is 16.5. The van der Waals surface area contributed by atoms with Crippen LogP contribution in [0.1, 0.15) is 22.3 Å². The van der Waals surface area contributed by atoms with Crippen LogP contribution < -0.4 is 14.8 Å². The zero-order chi connectivity index (χ0) is 23.5. The van der Waals surface area contributed by atoms with Gasteiger partial charge in [-0.25, -0.2) is 0 Å². The highest BCUT2D eigenvalue weighted by molar-refractivity contribution is 6.36. The predicted molar refractivity (Wildman–Crippen MR) is 126 cm³/mol. The molecule has 1 N–H and O–H groups in total. The number of rotatable bonds is 7. The number of anilines is 1. The molecule has 2 amide bonds. The Morgan fingerprint density at radius 3 is 2.27 bits per heavy atom. The topological polar surface area (TPSA) is 80.8 Å². The minimum absolute atomic E-state index is 0.131. The van der Waals surface area contributed by atoms with E-state index in [1.165, 1.54) is 4.90 Å². The summed E-state index contributed by atoms with van der Waals surface area (Å²) in [5.41, 5.74) is 4.60. The van der Waals surface area contributed by atoms with Crippen LogP contribution in [-0.4, -0.2) is 35.9 Å². The Morgan fingerprint density at radius 1 is 0.939 bits per heavy atom. The normalized spacial score (nSPS) is 13.5. The molecule has 1 aliphatic heterocycles. The second-order valence-corrected chi connectivity index (χ2v) is 7.85. The summed E-state index contributed by atoms with van der Waals surface area (Å²) >= 11 is 0. The highest BCUT2D eigenvalue weighted by Crippen LogP contribution is 2.35. The number of methoxy groups -OCH3 is 2. The lowest BCUT2D eigenvalue weighted by molar-refractivity contribution is -0.137. The smallest absolute Gasteiger partial charge is 0.278 e. The molecule has 7 nitrogen and oxygen atoms in total. The molecule has 168 valence electrons. The number of hydrogen-bond acceptors (Lipinski definition) is 6. The first-order valence-electron chi connectivity index (χ1n) is 10.5. The fraction of sp³-hybridized carbons (Fsp3) is 0.192. The zero-order valence-electron chi connectivity index (χ0n) is 19.0. The summed E-state index contributed by atoms with van der Waals surface area (Å²) in [6, 6.07) is 14.7. The highest BCUT2D eigenvalue weighted by Gasteiger charge is 2.39. The van der Waals surface area contributed by atoms with E-state index in [2.05, 4.69) is 10.3 Å². The minimum atomic E-state index is -0.402. The SMILES string of the molecule is COc1cc(NC2=C(c3ccc(C)cc3C)C(=O)N(Cc3cccnc3)C2=O)cc(OC)c1. The van der Waals surface area contributed by atoms with Gasteiger partial charge < -0.3 is 14.8 Å². The van der Waals surface area contributed by atoms with Crippen LogP contribution in [0.5, 0.6) is 11.5 Å². The molecule has 0 unspecified atom stereocenters. The first-order valence-corrected chi connectivity index (χ1v) is 10.5. The molecule has 0 aliphatic carbocycles. The van der Waals surface area contributed by atoms with Crippen molar-refractivity contribution in [1.82, 2.24) is 9.88 Å². The van der Waals surface area contributed by atoms with Gasteiger partial charge in [-0.05, 0) is 36.6 Å².